The first-order chi connectivity index (χ1) is 9.03. The van der Waals surface area contributed by atoms with Crippen LogP contribution in [-0.2, 0) is 14.6 Å². The van der Waals surface area contributed by atoms with Gasteiger partial charge in [0, 0.05) is 12.1 Å². The molecule has 1 aromatic carbocycles. The van der Waals surface area contributed by atoms with Gasteiger partial charge in [-0.1, -0.05) is 0 Å². The molecule has 0 fully saturated rings. The van der Waals surface area contributed by atoms with E-state index < -0.39 is 26.3 Å². The molecule has 1 rings (SSSR count). The normalized spacial score (nSPS) is 12.2. The fraction of sp³-hybridized carbons (Fsp3) is 0.462. The van der Waals surface area contributed by atoms with Gasteiger partial charge in [-0.3, -0.25) is 4.79 Å². The Hall–Kier alpha value is -1.63. The smallest absolute Gasteiger partial charge is 0.225 e. The van der Waals surface area contributed by atoms with Gasteiger partial charge in [0.1, 0.15) is 5.82 Å². The number of nitrogen functional groups attached to an aromatic ring is 1. The van der Waals surface area contributed by atoms with Gasteiger partial charge in [0.05, 0.1) is 16.2 Å². The monoisotopic (exact) mass is 302 g/mol. The van der Waals surface area contributed by atoms with E-state index in [9.17, 15) is 17.6 Å². The fourth-order valence-electron chi connectivity index (χ4n) is 1.38. The molecule has 5 nitrogen and oxygen atoms in total. The third-order valence-corrected chi connectivity index (χ3v) is 5.42. The number of rotatable bonds is 4. The van der Waals surface area contributed by atoms with Gasteiger partial charge in [0.2, 0.25) is 5.91 Å². The minimum atomic E-state index is -3.35. The van der Waals surface area contributed by atoms with Crippen molar-refractivity contribution in [1.82, 2.24) is 0 Å². The molecule has 1 aromatic rings. The third-order valence-electron chi connectivity index (χ3n) is 2.81. The van der Waals surface area contributed by atoms with Gasteiger partial charge < -0.3 is 11.1 Å². The zero-order chi connectivity index (χ0) is 15.6. The maximum atomic E-state index is 13.0. The number of hydrogen-bond acceptors (Lipinski definition) is 4. The molecule has 0 radical (unpaired) electrons. The first-order valence-corrected chi connectivity index (χ1v) is 7.75. The number of halogens is 1. The Kier molecular flexibility index (Phi) is 4.75. The summed E-state index contributed by atoms with van der Waals surface area (Å²) >= 11 is 0. The van der Waals surface area contributed by atoms with Gasteiger partial charge in [0.25, 0.3) is 0 Å². The first-order valence-electron chi connectivity index (χ1n) is 6.10. The molecule has 0 unspecified atom stereocenters. The van der Waals surface area contributed by atoms with Crippen molar-refractivity contribution in [2.45, 2.75) is 31.9 Å². The lowest BCUT2D eigenvalue weighted by Gasteiger charge is -2.18. The minimum absolute atomic E-state index is 0.0786. The van der Waals surface area contributed by atoms with Crippen molar-refractivity contribution in [1.29, 1.82) is 0 Å². The summed E-state index contributed by atoms with van der Waals surface area (Å²) in [7, 11) is -3.35. The van der Waals surface area contributed by atoms with Crippen LogP contribution >= 0.6 is 0 Å². The standard InChI is InChI=1S/C13H19FN2O3S/c1-13(2,3)20(18,19)7-6-12(17)16-9-4-5-10(14)11(15)8-9/h4-5,8H,6-7,15H2,1-3H3,(H,16,17). The van der Waals surface area contributed by atoms with Gasteiger partial charge in [-0.2, -0.15) is 0 Å². The molecule has 1 amide bonds. The minimum Gasteiger partial charge on any atom is -0.396 e. The zero-order valence-corrected chi connectivity index (χ0v) is 12.6. The van der Waals surface area contributed by atoms with Crippen molar-refractivity contribution >= 4 is 27.1 Å². The van der Waals surface area contributed by atoms with Crippen molar-refractivity contribution in [3.63, 3.8) is 0 Å². The van der Waals surface area contributed by atoms with E-state index in [2.05, 4.69) is 5.32 Å². The number of benzene rings is 1. The molecule has 0 bridgehead atoms. The SMILES string of the molecule is CC(C)(C)S(=O)(=O)CCC(=O)Nc1ccc(F)c(N)c1. The third kappa shape index (κ3) is 4.19. The zero-order valence-electron chi connectivity index (χ0n) is 11.7. The van der Waals surface area contributed by atoms with Crippen LogP contribution < -0.4 is 11.1 Å². The second-order valence-electron chi connectivity index (χ2n) is 5.47. The van der Waals surface area contributed by atoms with Crippen LogP contribution in [0.1, 0.15) is 27.2 Å². The summed E-state index contributed by atoms with van der Waals surface area (Å²) in [5.74, 6) is -1.26. The van der Waals surface area contributed by atoms with Crippen LogP contribution in [0.2, 0.25) is 0 Å². The van der Waals surface area contributed by atoms with Crippen LogP contribution in [0.25, 0.3) is 0 Å². The average molecular weight is 302 g/mol. The van der Waals surface area contributed by atoms with E-state index in [4.69, 9.17) is 5.73 Å². The van der Waals surface area contributed by atoms with Gasteiger partial charge in [-0.25, -0.2) is 12.8 Å². The lowest BCUT2D eigenvalue weighted by molar-refractivity contribution is -0.115. The highest BCUT2D eigenvalue weighted by Crippen LogP contribution is 2.18. The van der Waals surface area contributed by atoms with Crippen LogP contribution in [0.15, 0.2) is 18.2 Å². The Morgan fingerprint density at radius 3 is 2.45 bits per heavy atom. The van der Waals surface area contributed by atoms with E-state index in [1.165, 1.54) is 12.1 Å². The van der Waals surface area contributed by atoms with Gasteiger partial charge >= 0.3 is 0 Å². The molecule has 0 saturated carbocycles. The largest absolute Gasteiger partial charge is 0.396 e. The molecule has 0 heterocycles. The predicted molar refractivity (Wildman–Crippen MR) is 77.6 cm³/mol. The number of carbonyl (C=O) groups excluding carboxylic acids is 1. The predicted octanol–water partition coefficient (Wildman–Crippen LogP) is 1.95. The number of carbonyl (C=O) groups is 1. The first kappa shape index (κ1) is 16.4. The highest BCUT2D eigenvalue weighted by Gasteiger charge is 2.29. The van der Waals surface area contributed by atoms with Crippen molar-refractivity contribution in [3.8, 4) is 0 Å². The summed E-state index contributed by atoms with van der Waals surface area (Å²) in [4.78, 5) is 11.7. The highest BCUT2D eigenvalue weighted by molar-refractivity contribution is 7.92. The number of hydrogen-bond donors (Lipinski definition) is 2. The van der Waals surface area contributed by atoms with Crippen LogP contribution in [0.5, 0.6) is 0 Å². The van der Waals surface area contributed by atoms with Crippen molar-refractivity contribution in [2.24, 2.45) is 0 Å². The highest BCUT2D eigenvalue weighted by atomic mass is 32.2. The van der Waals surface area contributed by atoms with Crippen molar-refractivity contribution < 1.29 is 17.6 Å². The van der Waals surface area contributed by atoms with Crippen molar-refractivity contribution in [2.75, 3.05) is 16.8 Å². The van der Waals surface area contributed by atoms with E-state index in [1.807, 2.05) is 0 Å². The molecule has 20 heavy (non-hydrogen) atoms. The second-order valence-corrected chi connectivity index (χ2v) is 8.33. The average Bonchev–Trinajstić information content (AvgIpc) is 2.30. The van der Waals surface area contributed by atoms with Gasteiger partial charge in [0.15, 0.2) is 9.84 Å². The van der Waals surface area contributed by atoms with E-state index >= 15 is 0 Å². The molecule has 0 aliphatic heterocycles. The molecule has 112 valence electrons. The molecule has 0 aromatic heterocycles. The summed E-state index contributed by atoms with van der Waals surface area (Å²) < 4.78 is 35.8. The topological polar surface area (TPSA) is 89.3 Å². The second kappa shape index (κ2) is 5.78. The van der Waals surface area contributed by atoms with E-state index in [1.54, 1.807) is 20.8 Å². The lowest BCUT2D eigenvalue weighted by atomic mass is 10.2. The van der Waals surface area contributed by atoms with Gasteiger partial charge in [-0.15, -0.1) is 0 Å². The summed E-state index contributed by atoms with van der Waals surface area (Å²) in [6.45, 7) is 4.75. The molecule has 0 spiro atoms. The van der Waals surface area contributed by atoms with Crippen LogP contribution in [0, 0.1) is 5.82 Å². The molecule has 0 saturated heterocycles. The Balaban J connectivity index is 2.63. The fourth-order valence-corrected chi connectivity index (χ4v) is 2.44. The molecular weight excluding hydrogens is 283 g/mol. The Morgan fingerprint density at radius 1 is 1.35 bits per heavy atom. The van der Waals surface area contributed by atoms with Crippen molar-refractivity contribution in [3.05, 3.63) is 24.0 Å². The molecule has 7 heteroatoms. The number of nitrogens with one attached hydrogen (secondary N) is 1. The summed E-state index contributed by atoms with van der Waals surface area (Å²) in [5.41, 5.74) is 5.63. The molecular formula is C13H19FN2O3S. The number of sulfone groups is 1. The van der Waals surface area contributed by atoms with Crippen LogP contribution in [0.3, 0.4) is 0 Å². The summed E-state index contributed by atoms with van der Waals surface area (Å²) in [5, 5.41) is 2.48. The Bertz CT molecular complexity index is 607. The quantitative estimate of drug-likeness (QED) is 0.832. The summed E-state index contributed by atoms with van der Waals surface area (Å²) in [6.07, 6.45) is -0.156. The number of anilines is 2. The lowest BCUT2D eigenvalue weighted by Crippen LogP contribution is -2.32. The van der Waals surface area contributed by atoms with Crippen LogP contribution in [0.4, 0.5) is 15.8 Å². The molecule has 0 aliphatic rings. The Morgan fingerprint density at radius 2 is 1.95 bits per heavy atom. The maximum absolute atomic E-state index is 13.0. The van der Waals surface area contributed by atoms with E-state index in [-0.39, 0.29) is 17.9 Å². The molecule has 0 atom stereocenters. The Labute approximate surface area is 118 Å². The van der Waals surface area contributed by atoms with Gasteiger partial charge in [-0.05, 0) is 39.0 Å². The maximum Gasteiger partial charge on any atom is 0.225 e. The molecule has 3 N–H and O–H groups in total. The van der Waals surface area contributed by atoms with E-state index in [0.29, 0.717) is 5.69 Å². The molecule has 0 aliphatic carbocycles. The number of amides is 1. The van der Waals surface area contributed by atoms with E-state index in [0.717, 1.165) is 6.07 Å². The summed E-state index contributed by atoms with van der Waals surface area (Å²) in [6, 6.07) is 3.78. The van der Waals surface area contributed by atoms with Crippen LogP contribution in [-0.4, -0.2) is 24.8 Å². The number of nitrogens with two attached hydrogens (primary N) is 1.